The van der Waals surface area contributed by atoms with Crippen molar-refractivity contribution in [3.05, 3.63) is 24.3 Å². The summed E-state index contributed by atoms with van der Waals surface area (Å²) < 4.78 is 0. The minimum atomic E-state index is -1.16. The summed E-state index contributed by atoms with van der Waals surface area (Å²) in [6.45, 7) is 4.05. The fourth-order valence-electron chi connectivity index (χ4n) is 7.25. The van der Waals surface area contributed by atoms with Crippen LogP contribution >= 0.6 is 0 Å². The van der Waals surface area contributed by atoms with Crippen LogP contribution in [0.3, 0.4) is 0 Å². The number of hydrogen-bond acceptors (Lipinski definition) is 4. The molecular formula is C47H91NO4. The zero-order chi connectivity index (χ0) is 38.0. The van der Waals surface area contributed by atoms with Gasteiger partial charge in [0.1, 0.15) is 6.10 Å². The molecular weight excluding hydrogens is 643 g/mol. The molecule has 1 amide bonds. The molecule has 308 valence electrons. The highest BCUT2D eigenvalue weighted by molar-refractivity contribution is 5.76. The van der Waals surface area contributed by atoms with Crippen LogP contribution in [-0.2, 0) is 4.79 Å². The monoisotopic (exact) mass is 734 g/mol. The van der Waals surface area contributed by atoms with E-state index in [9.17, 15) is 20.1 Å². The van der Waals surface area contributed by atoms with E-state index >= 15 is 0 Å². The smallest absolute Gasteiger partial charge is 0.220 e. The normalized spacial score (nSPS) is 13.7. The van der Waals surface area contributed by atoms with Gasteiger partial charge in [0.25, 0.3) is 0 Å². The van der Waals surface area contributed by atoms with Crippen molar-refractivity contribution in [3.8, 4) is 0 Å². The summed E-state index contributed by atoms with van der Waals surface area (Å²) in [6, 6.07) is -0.827. The lowest BCUT2D eigenvalue weighted by molar-refractivity contribution is -0.124. The number of aliphatic hydroxyl groups is 3. The van der Waals surface area contributed by atoms with E-state index in [2.05, 4.69) is 43.5 Å². The first-order valence-electron chi connectivity index (χ1n) is 23.1. The molecule has 0 fully saturated rings. The predicted molar refractivity (Wildman–Crippen MR) is 227 cm³/mol. The number of aliphatic hydroxyl groups excluding tert-OH is 3. The highest BCUT2D eigenvalue weighted by atomic mass is 16.3. The fraction of sp³-hybridized carbons (Fsp3) is 0.894. The Morgan fingerprint density at radius 3 is 1.19 bits per heavy atom. The highest BCUT2D eigenvalue weighted by Gasteiger charge is 2.26. The Morgan fingerprint density at radius 2 is 0.827 bits per heavy atom. The molecule has 3 unspecified atom stereocenters. The van der Waals surface area contributed by atoms with Gasteiger partial charge in [-0.25, -0.2) is 0 Å². The lowest BCUT2D eigenvalue weighted by Gasteiger charge is -2.26. The van der Waals surface area contributed by atoms with Crippen LogP contribution in [0.1, 0.15) is 245 Å². The molecule has 0 aromatic carbocycles. The van der Waals surface area contributed by atoms with E-state index < -0.39 is 18.2 Å². The summed E-state index contributed by atoms with van der Waals surface area (Å²) in [5.74, 6) is -0.157. The average molecular weight is 734 g/mol. The lowest BCUT2D eigenvalue weighted by Crippen LogP contribution is -2.50. The molecule has 0 saturated heterocycles. The third kappa shape index (κ3) is 37.2. The molecule has 0 aliphatic rings. The molecule has 0 aromatic rings. The Balaban J connectivity index is 3.46. The Morgan fingerprint density at radius 1 is 0.481 bits per heavy atom. The van der Waals surface area contributed by atoms with Gasteiger partial charge in [0.2, 0.25) is 5.91 Å². The van der Waals surface area contributed by atoms with Crippen LogP contribution in [0, 0.1) is 0 Å². The Hall–Kier alpha value is -1.17. The second-order valence-electron chi connectivity index (χ2n) is 15.9. The number of nitrogens with one attached hydrogen (secondary N) is 1. The molecule has 52 heavy (non-hydrogen) atoms. The summed E-state index contributed by atoms with van der Waals surface area (Å²) in [7, 11) is 0. The lowest BCUT2D eigenvalue weighted by atomic mass is 10.0. The maximum Gasteiger partial charge on any atom is 0.220 e. The van der Waals surface area contributed by atoms with Crippen LogP contribution in [0.2, 0.25) is 0 Å². The summed E-state index contributed by atoms with van der Waals surface area (Å²) in [5, 5.41) is 33.3. The number of carbonyl (C=O) groups excluding carboxylic acids is 1. The van der Waals surface area contributed by atoms with Crippen LogP contribution in [0.15, 0.2) is 24.3 Å². The summed E-state index contributed by atoms with van der Waals surface area (Å²) in [4.78, 5) is 12.4. The zero-order valence-corrected chi connectivity index (χ0v) is 35.0. The van der Waals surface area contributed by atoms with Crippen LogP contribution in [0.4, 0.5) is 0 Å². The largest absolute Gasteiger partial charge is 0.394 e. The molecule has 0 aliphatic heterocycles. The minimum Gasteiger partial charge on any atom is -0.394 e. The predicted octanol–water partition coefficient (Wildman–Crippen LogP) is 13.4. The first kappa shape index (κ1) is 50.8. The fourth-order valence-corrected chi connectivity index (χ4v) is 7.25. The van der Waals surface area contributed by atoms with Gasteiger partial charge in [0.15, 0.2) is 0 Å². The van der Waals surface area contributed by atoms with Crippen LogP contribution in [-0.4, -0.2) is 46.1 Å². The van der Waals surface area contributed by atoms with E-state index in [-0.39, 0.29) is 12.5 Å². The van der Waals surface area contributed by atoms with Crippen molar-refractivity contribution in [1.29, 1.82) is 0 Å². The second-order valence-corrected chi connectivity index (χ2v) is 15.9. The maximum absolute atomic E-state index is 12.4. The van der Waals surface area contributed by atoms with Gasteiger partial charge in [-0.1, -0.05) is 218 Å². The first-order valence-corrected chi connectivity index (χ1v) is 23.1. The third-order valence-electron chi connectivity index (χ3n) is 10.8. The molecule has 0 bridgehead atoms. The SMILES string of the molecule is CC/C=C/CC/C=C/CCCC(O)C(O)C(CO)NC(=O)CCCCCCCCCCCCCCCCCCCCCCCCCCCCCCC. The molecule has 0 radical (unpaired) electrons. The quantitative estimate of drug-likeness (QED) is 0.0371. The van der Waals surface area contributed by atoms with Gasteiger partial charge < -0.3 is 20.6 Å². The minimum absolute atomic E-state index is 0.157. The molecule has 0 spiro atoms. The van der Waals surface area contributed by atoms with Crippen molar-refractivity contribution < 1.29 is 20.1 Å². The number of rotatable bonds is 42. The number of carbonyl (C=O) groups is 1. The molecule has 0 aliphatic carbocycles. The molecule has 4 N–H and O–H groups in total. The molecule has 5 heteroatoms. The topological polar surface area (TPSA) is 89.8 Å². The van der Waals surface area contributed by atoms with Gasteiger partial charge in [0, 0.05) is 6.42 Å². The van der Waals surface area contributed by atoms with Gasteiger partial charge in [0.05, 0.1) is 18.8 Å². The molecule has 0 heterocycles. The van der Waals surface area contributed by atoms with Crippen molar-refractivity contribution >= 4 is 5.91 Å². The van der Waals surface area contributed by atoms with E-state index in [0.29, 0.717) is 12.8 Å². The van der Waals surface area contributed by atoms with Gasteiger partial charge in [-0.3, -0.25) is 4.79 Å². The van der Waals surface area contributed by atoms with Gasteiger partial charge in [-0.2, -0.15) is 0 Å². The van der Waals surface area contributed by atoms with Crippen molar-refractivity contribution in [1.82, 2.24) is 5.32 Å². The summed E-state index contributed by atoms with van der Waals surface area (Å²) >= 11 is 0. The van der Waals surface area contributed by atoms with Crippen molar-refractivity contribution in [2.24, 2.45) is 0 Å². The van der Waals surface area contributed by atoms with E-state index in [0.717, 1.165) is 51.4 Å². The second kappa shape index (κ2) is 42.6. The Kier molecular flexibility index (Phi) is 41.6. The van der Waals surface area contributed by atoms with E-state index in [4.69, 9.17) is 0 Å². The highest BCUT2D eigenvalue weighted by Crippen LogP contribution is 2.17. The zero-order valence-electron chi connectivity index (χ0n) is 35.0. The third-order valence-corrected chi connectivity index (χ3v) is 10.8. The Bertz CT molecular complexity index is 768. The van der Waals surface area contributed by atoms with Crippen molar-refractivity contribution in [2.45, 2.75) is 263 Å². The van der Waals surface area contributed by atoms with Crippen molar-refractivity contribution in [3.63, 3.8) is 0 Å². The first-order chi connectivity index (χ1) is 25.6. The molecule has 0 saturated carbocycles. The van der Waals surface area contributed by atoms with Gasteiger partial charge >= 0.3 is 0 Å². The van der Waals surface area contributed by atoms with Crippen LogP contribution in [0.25, 0.3) is 0 Å². The van der Waals surface area contributed by atoms with Crippen molar-refractivity contribution in [2.75, 3.05) is 6.61 Å². The average Bonchev–Trinajstić information content (AvgIpc) is 3.15. The standard InChI is InChI=1S/C47H91NO4/c1-3-5-7-9-11-13-14-15-16-17-18-19-20-21-22-23-24-25-26-27-28-29-30-31-32-34-36-38-40-42-46(51)48-44(43-49)47(52)45(50)41-39-37-35-33-12-10-8-6-4-2/h6,8,33,35,44-45,47,49-50,52H,3-5,7,9-32,34,36-43H2,1-2H3,(H,48,51)/b8-6+,35-33+. The van der Waals surface area contributed by atoms with Crippen LogP contribution < -0.4 is 5.32 Å². The molecule has 0 rings (SSSR count). The molecule has 0 aromatic heterocycles. The molecule has 3 atom stereocenters. The number of hydrogen-bond donors (Lipinski definition) is 4. The molecule has 5 nitrogen and oxygen atoms in total. The van der Waals surface area contributed by atoms with Gasteiger partial charge in [-0.15, -0.1) is 0 Å². The van der Waals surface area contributed by atoms with E-state index in [1.807, 2.05) is 0 Å². The maximum atomic E-state index is 12.4. The van der Waals surface area contributed by atoms with Gasteiger partial charge in [-0.05, 0) is 44.9 Å². The van der Waals surface area contributed by atoms with E-state index in [1.54, 1.807) is 0 Å². The number of unbranched alkanes of at least 4 members (excludes halogenated alkanes) is 30. The number of amides is 1. The summed E-state index contributed by atoms with van der Waals surface area (Å²) in [6.07, 6.45) is 51.9. The summed E-state index contributed by atoms with van der Waals surface area (Å²) in [5.41, 5.74) is 0. The van der Waals surface area contributed by atoms with E-state index in [1.165, 1.54) is 167 Å². The number of allylic oxidation sites excluding steroid dienone is 4. The Labute approximate surface area is 324 Å². The van der Waals surface area contributed by atoms with Crippen LogP contribution in [0.5, 0.6) is 0 Å².